The molecule has 0 spiro atoms. The van der Waals surface area contributed by atoms with Gasteiger partial charge in [-0.2, -0.15) is 0 Å². The van der Waals surface area contributed by atoms with Gasteiger partial charge in [-0.25, -0.2) is 4.39 Å². The number of aliphatic carboxylic acids is 1. The third-order valence-electron chi connectivity index (χ3n) is 6.02. The molecule has 7 heteroatoms. The first kappa shape index (κ1) is 23.7. The van der Waals surface area contributed by atoms with E-state index in [-0.39, 0.29) is 30.2 Å². The molecule has 0 unspecified atom stereocenters. The van der Waals surface area contributed by atoms with Crippen LogP contribution in [0.1, 0.15) is 37.7 Å². The van der Waals surface area contributed by atoms with Gasteiger partial charge in [0.25, 0.3) is 0 Å². The Hall–Kier alpha value is -2.93. The molecule has 2 aromatic carbocycles. The molecule has 0 bridgehead atoms. The summed E-state index contributed by atoms with van der Waals surface area (Å²) in [5.41, 5.74) is 1.87. The summed E-state index contributed by atoms with van der Waals surface area (Å²) in [5, 5.41) is 23.1. The number of amides is 1. The van der Waals surface area contributed by atoms with E-state index < -0.39 is 12.1 Å². The van der Waals surface area contributed by atoms with Crippen LogP contribution in [0.3, 0.4) is 0 Å². The average molecular weight is 443 g/mol. The molecule has 0 aliphatic heterocycles. The van der Waals surface area contributed by atoms with Crippen molar-refractivity contribution < 1.29 is 24.2 Å². The number of aryl methyl sites for hydroxylation is 1. The van der Waals surface area contributed by atoms with Gasteiger partial charge >= 0.3 is 5.97 Å². The standard InChI is InChI=1S/C25H31FN2O4/c26-20-10-12-21(13-11-20)27-22-14-8-19(9-15-23(22)29)25(32)28(17-24(30)31)16-4-7-18-5-2-1-3-6-18/h1-3,5-6,10-13,19,22-23,27,29H,4,7-9,14-17H2,(H,30,31)/t19-,22+,23+/m1/s1. The molecule has 1 fully saturated rings. The lowest BCUT2D eigenvalue weighted by Gasteiger charge is -2.25. The van der Waals surface area contributed by atoms with Crippen molar-refractivity contribution in [2.45, 2.75) is 50.7 Å². The minimum atomic E-state index is -1.03. The van der Waals surface area contributed by atoms with Gasteiger partial charge in [-0.1, -0.05) is 30.3 Å². The normalized spacial score (nSPS) is 20.9. The van der Waals surface area contributed by atoms with E-state index in [1.165, 1.54) is 17.0 Å². The Morgan fingerprint density at radius 2 is 1.69 bits per heavy atom. The number of carbonyl (C=O) groups excluding carboxylic acids is 1. The predicted octanol–water partition coefficient (Wildman–Crippen LogP) is 3.70. The third-order valence-corrected chi connectivity index (χ3v) is 6.02. The summed E-state index contributed by atoms with van der Waals surface area (Å²) in [5.74, 6) is -1.83. The molecule has 0 saturated heterocycles. The van der Waals surface area contributed by atoms with E-state index in [1.807, 2.05) is 30.3 Å². The van der Waals surface area contributed by atoms with Crippen LogP contribution >= 0.6 is 0 Å². The first-order chi connectivity index (χ1) is 15.4. The van der Waals surface area contributed by atoms with Gasteiger partial charge in [0.15, 0.2) is 0 Å². The average Bonchev–Trinajstić information content (AvgIpc) is 2.96. The van der Waals surface area contributed by atoms with Crippen LogP contribution in [0.2, 0.25) is 0 Å². The summed E-state index contributed by atoms with van der Waals surface area (Å²) in [6.07, 6.45) is 2.91. The molecule has 0 radical (unpaired) electrons. The largest absolute Gasteiger partial charge is 0.480 e. The molecule has 3 rings (SSSR count). The smallest absolute Gasteiger partial charge is 0.323 e. The molecule has 2 aromatic rings. The Morgan fingerprint density at radius 1 is 1.00 bits per heavy atom. The molecule has 3 N–H and O–H groups in total. The maximum Gasteiger partial charge on any atom is 0.323 e. The number of nitrogens with one attached hydrogen (secondary N) is 1. The van der Waals surface area contributed by atoms with Crippen molar-refractivity contribution in [3.8, 4) is 0 Å². The van der Waals surface area contributed by atoms with Crippen LogP contribution < -0.4 is 5.32 Å². The summed E-state index contributed by atoms with van der Waals surface area (Å²) in [6, 6.07) is 15.6. The van der Waals surface area contributed by atoms with Gasteiger partial charge < -0.3 is 20.4 Å². The fourth-order valence-corrected chi connectivity index (χ4v) is 4.27. The Labute approximate surface area is 188 Å². The molecule has 0 aromatic heterocycles. The van der Waals surface area contributed by atoms with Crippen molar-refractivity contribution in [1.82, 2.24) is 4.90 Å². The molecule has 3 atom stereocenters. The molecule has 6 nitrogen and oxygen atoms in total. The minimum absolute atomic E-state index is 0.157. The van der Waals surface area contributed by atoms with E-state index in [0.29, 0.717) is 44.3 Å². The molecule has 0 heterocycles. The second-order valence-corrected chi connectivity index (χ2v) is 8.42. The lowest BCUT2D eigenvalue weighted by atomic mass is 9.98. The summed E-state index contributed by atoms with van der Waals surface area (Å²) < 4.78 is 13.1. The van der Waals surface area contributed by atoms with E-state index >= 15 is 0 Å². The summed E-state index contributed by atoms with van der Waals surface area (Å²) in [7, 11) is 0. The number of rotatable bonds is 9. The highest BCUT2D eigenvalue weighted by molar-refractivity contribution is 5.83. The minimum Gasteiger partial charge on any atom is -0.480 e. The zero-order valence-corrected chi connectivity index (χ0v) is 18.1. The maximum absolute atomic E-state index is 13.2. The molecule has 1 aliphatic carbocycles. The van der Waals surface area contributed by atoms with E-state index in [2.05, 4.69) is 5.32 Å². The zero-order valence-electron chi connectivity index (χ0n) is 18.1. The molecular formula is C25H31FN2O4. The first-order valence-electron chi connectivity index (χ1n) is 11.2. The molecule has 1 amide bonds. The Balaban J connectivity index is 1.57. The number of carbonyl (C=O) groups is 2. The van der Waals surface area contributed by atoms with Crippen molar-refractivity contribution in [2.24, 2.45) is 5.92 Å². The molecule has 32 heavy (non-hydrogen) atoms. The Bertz CT molecular complexity index is 875. The van der Waals surface area contributed by atoms with Crippen molar-refractivity contribution in [2.75, 3.05) is 18.4 Å². The highest BCUT2D eigenvalue weighted by atomic mass is 19.1. The van der Waals surface area contributed by atoms with Crippen molar-refractivity contribution in [3.05, 3.63) is 66.0 Å². The quantitative estimate of drug-likeness (QED) is 0.515. The van der Waals surface area contributed by atoms with Crippen LogP contribution in [0.25, 0.3) is 0 Å². The number of hydrogen-bond donors (Lipinski definition) is 3. The highest BCUT2D eigenvalue weighted by Crippen LogP contribution is 2.28. The highest BCUT2D eigenvalue weighted by Gasteiger charge is 2.32. The van der Waals surface area contributed by atoms with Gasteiger partial charge in [0.1, 0.15) is 12.4 Å². The number of aliphatic hydroxyl groups is 1. The SMILES string of the molecule is O=C(O)CN(CCCc1ccccc1)C(=O)[C@@H]1CC[C@H](Nc2ccc(F)cc2)[C@@H](O)CC1. The van der Waals surface area contributed by atoms with Gasteiger partial charge in [-0.15, -0.1) is 0 Å². The van der Waals surface area contributed by atoms with E-state index in [9.17, 15) is 24.2 Å². The van der Waals surface area contributed by atoms with Crippen molar-refractivity contribution in [3.63, 3.8) is 0 Å². The molecule has 172 valence electrons. The molecule has 1 aliphatic rings. The maximum atomic E-state index is 13.2. The van der Waals surface area contributed by atoms with Crippen LogP contribution in [0.5, 0.6) is 0 Å². The third kappa shape index (κ3) is 7.05. The fourth-order valence-electron chi connectivity index (χ4n) is 4.27. The van der Waals surface area contributed by atoms with Gasteiger partial charge in [-0.05, 0) is 68.4 Å². The van der Waals surface area contributed by atoms with Crippen molar-refractivity contribution >= 4 is 17.6 Å². The van der Waals surface area contributed by atoms with Gasteiger partial charge in [0.2, 0.25) is 5.91 Å². The topological polar surface area (TPSA) is 89.9 Å². The first-order valence-corrected chi connectivity index (χ1v) is 11.2. The predicted molar refractivity (Wildman–Crippen MR) is 121 cm³/mol. The van der Waals surface area contributed by atoms with Crippen molar-refractivity contribution in [1.29, 1.82) is 0 Å². The Morgan fingerprint density at radius 3 is 2.38 bits per heavy atom. The number of nitrogens with zero attached hydrogens (tertiary/aromatic N) is 1. The summed E-state index contributed by atoms with van der Waals surface area (Å²) >= 11 is 0. The zero-order chi connectivity index (χ0) is 22.9. The fraction of sp³-hybridized carbons (Fsp3) is 0.440. The number of aliphatic hydroxyl groups excluding tert-OH is 1. The molecular weight excluding hydrogens is 411 g/mol. The molecule has 1 saturated carbocycles. The van der Waals surface area contributed by atoms with Crippen LogP contribution in [-0.2, 0) is 16.0 Å². The van der Waals surface area contributed by atoms with Gasteiger partial charge in [-0.3, -0.25) is 9.59 Å². The lowest BCUT2D eigenvalue weighted by molar-refractivity contribution is -0.146. The van der Waals surface area contributed by atoms with Crippen LogP contribution in [0.4, 0.5) is 10.1 Å². The Kier molecular flexibility index (Phi) is 8.62. The van der Waals surface area contributed by atoms with E-state index in [1.54, 1.807) is 12.1 Å². The summed E-state index contributed by atoms with van der Waals surface area (Å²) in [6.45, 7) is 0.0697. The van der Waals surface area contributed by atoms with Gasteiger partial charge in [0.05, 0.1) is 12.1 Å². The number of carboxylic acids is 1. The lowest BCUT2D eigenvalue weighted by Crippen LogP contribution is -2.40. The van der Waals surface area contributed by atoms with E-state index in [0.717, 1.165) is 12.0 Å². The second kappa shape index (κ2) is 11.6. The number of benzene rings is 2. The number of halogens is 1. The number of carboxylic acid groups (broad SMARTS) is 1. The number of anilines is 1. The van der Waals surface area contributed by atoms with Crippen LogP contribution in [-0.4, -0.2) is 52.2 Å². The second-order valence-electron chi connectivity index (χ2n) is 8.42. The van der Waals surface area contributed by atoms with Gasteiger partial charge in [0, 0.05) is 18.2 Å². The van der Waals surface area contributed by atoms with Crippen LogP contribution in [0, 0.1) is 11.7 Å². The van der Waals surface area contributed by atoms with E-state index in [4.69, 9.17) is 0 Å². The summed E-state index contributed by atoms with van der Waals surface area (Å²) in [4.78, 5) is 26.0. The monoisotopic (exact) mass is 442 g/mol. The number of hydrogen-bond acceptors (Lipinski definition) is 4. The van der Waals surface area contributed by atoms with Crippen LogP contribution in [0.15, 0.2) is 54.6 Å².